The van der Waals surface area contributed by atoms with Crippen LogP contribution >= 0.6 is 11.3 Å². The molecule has 1 fully saturated rings. The average Bonchev–Trinajstić information content (AvgIpc) is 2.94. The molecule has 0 aromatic carbocycles. The molecular formula is C17H28N4O2S. The van der Waals surface area contributed by atoms with Crippen molar-refractivity contribution < 1.29 is 9.59 Å². The molecule has 0 radical (unpaired) electrons. The molecule has 134 valence electrons. The maximum atomic E-state index is 12.5. The van der Waals surface area contributed by atoms with Crippen LogP contribution in [-0.4, -0.2) is 40.0 Å². The maximum absolute atomic E-state index is 12.5. The molecule has 24 heavy (non-hydrogen) atoms. The highest BCUT2D eigenvalue weighted by molar-refractivity contribution is 7.15. The minimum absolute atomic E-state index is 0.0713. The van der Waals surface area contributed by atoms with Crippen molar-refractivity contribution in [3.63, 3.8) is 0 Å². The number of nitrogens with one attached hydrogen (secondary N) is 1. The van der Waals surface area contributed by atoms with Crippen molar-refractivity contribution in [1.82, 2.24) is 15.1 Å². The summed E-state index contributed by atoms with van der Waals surface area (Å²) in [5.74, 6) is -0.156. The van der Waals surface area contributed by atoms with E-state index in [-0.39, 0.29) is 23.1 Å². The molecule has 0 aliphatic carbocycles. The first-order valence-corrected chi connectivity index (χ1v) is 9.24. The van der Waals surface area contributed by atoms with Gasteiger partial charge in [-0.3, -0.25) is 9.59 Å². The van der Waals surface area contributed by atoms with Crippen LogP contribution in [0.5, 0.6) is 0 Å². The number of hydrogen-bond acceptors (Lipinski definition) is 5. The highest BCUT2D eigenvalue weighted by atomic mass is 32.1. The molecular weight excluding hydrogens is 324 g/mol. The van der Waals surface area contributed by atoms with Crippen LogP contribution in [-0.2, 0) is 15.0 Å². The zero-order valence-electron chi connectivity index (χ0n) is 15.5. The van der Waals surface area contributed by atoms with Crippen molar-refractivity contribution in [1.29, 1.82) is 0 Å². The highest BCUT2D eigenvalue weighted by Gasteiger charge is 2.33. The van der Waals surface area contributed by atoms with Gasteiger partial charge in [0.2, 0.25) is 16.9 Å². The molecule has 6 nitrogen and oxygen atoms in total. The third kappa shape index (κ3) is 4.53. The SMILES string of the molecule is CC(C)(C)C(=O)N1CCC[C@@H](C(=O)Nc2nnc(C(C)(C)C)s2)C1. The van der Waals surface area contributed by atoms with Gasteiger partial charge < -0.3 is 10.2 Å². The van der Waals surface area contributed by atoms with E-state index in [0.29, 0.717) is 11.7 Å². The number of likely N-dealkylation sites (tertiary alicyclic amines) is 1. The monoisotopic (exact) mass is 352 g/mol. The Labute approximate surface area is 148 Å². The van der Waals surface area contributed by atoms with Gasteiger partial charge in [-0.2, -0.15) is 0 Å². The van der Waals surface area contributed by atoms with Crippen LogP contribution in [0, 0.1) is 11.3 Å². The molecule has 1 N–H and O–H groups in total. The van der Waals surface area contributed by atoms with E-state index in [1.807, 2.05) is 25.7 Å². The Morgan fingerprint density at radius 1 is 1.17 bits per heavy atom. The number of carbonyl (C=O) groups excluding carboxylic acids is 2. The van der Waals surface area contributed by atoms with Gasteiger partial charge in [0.15, 0.2) is 0 Å². The van der Waals surface area contributed by atoms with E-state index < -0.39 is 5.41 Å². The standard InChI is InChI=1S/C17H28N4O2S/c1-16(2,3)13-19-20-15(24-13)18-12(22)11-8-7-9-21(10-11)14(23)17(4,5)6/h11H,7-10H2,1-6H3,(H,18,20,22)/t11-/m1/s1. The summed E-state index contributed by atoms with van der Waals surface area (Å²) in [6.45, 7) is 13.1. The van der Waals surface area contributed by atoms with Gasteiger partial charge in [-0.05, 0) is 12.8 Å². The van der Waals surface area contributed by atoms with Crippen molar-refractivity contribution in [3.8, 4) is 0 Å². The molecule has 0 unspecified atom stereocenters. The maximum Gasteiger partial charge on any atom is 0.231 e. The quantitative estimate of drug-likeness (QED) is 0.887. The van der Waals surface area contributed by atoms with Crippen molar-refractivity contribution in [3.05, 3.63) is 5.01 Å². The summed E-state index contributed by atoms with van der Waals surface area (Å²) in [5.41, 5.74) is -0.499. The zero-order chi connectivity index (χ0) is 18.1. The number of piperidine rings is 1. The number of hydrogen-bond donors (Lipinski definition) is 1. The third-order valence-corrected chi connectivity index (χ3v) is 5.28. The first kappa shape index (κ1) is 18.8. The predicted molar refractivity (Wildman–Crippen MR) is 96.0 cm³/mol. The topological polar surface area (TPSA) is 75.2 Å². The summed E-state index contributed by atoms with van der Waals surface area (Å²) in [6.07, 6.45) is 1.65. The van der Waals surface area contributed by atoms with Gasteiger partial charge in [-0.1, -0.05) is 52.9 Å². The molecule has 1 aromatic heterocycles. The van der Waals surface area contributed by atoms with Gasteiger partial charge in [0.05, 0.1) is 5.92 Å². The molecule has 1 atom stereocenters. The van der Waals surface area contributed by atoms with E-state index in [2.05, 4.69) is 36.3 Å². The second-order valence-electron chi connectivity index (χ2n) is 8.49. The fraction of sp³-hybridized carbons (Fsp3) is 0.765. The summed E-state index contributed by atoms with van der Waals surface area (Å²) in [7, 11) is 0. The fourth-order valence-corrected chi connectivity index (χ4v) is 3.44. The number of amides is 2. The van der Waals surface area contributed by atoms with Gasteiger partial charge in [-0.15, -0.1) is 10.2 Å². The molecule has 0 spiro atoms. The normalized spacial score (nSPS) is 19.2. The minimum atomic E-state index is -0.417. The molecule has 2 amide bonds. The second kappa shape index (κ2) is 6.78. The minimum Gasteiger partial charge on any atom is -0.341 e. The van der Waals surface area contributed by atoms with Gasteiger partial charge >= 0.3 is 0 Å². The first-order valence-electron chi connectivity index (χ1n) is 8.42. The van der Waals surface area contributed by atoms with Crippen LogP contribution in [0.2, 0.25) is 0 Å². The molecule has 0 bridgehead atoms. The number of aromatic nitrogens is 2. The van der Waals surface area contributed by atoms with Crippen molar-refractivity contribution >= 4 is 28.3 Å². The third-order valence-electron chi connectivity index (χ3n) is 4.02. The first-order chi connectivity index (χ1) is 11.0. The van der Waals surface area contributed by atoms with E-state index in [1.54, 1.807) is 0 Å². The second-order valence-corrected chi connectivity index (χ2v) is 9.47. The molecule has 1 aliphatic heterocycles. The lowest BCUT2D eigenvalue weighted by Gasteiger charge is -2.35. The number of nitrogens with zero attached hydrogens (tertiary/aromatic N) is 3. The summed E-state index contributed by atoms with van der Waals surface area (Å²) in [6, 6.07) is 0. The lowest BCUT2D eigenvalue weighted by molar-refractivity contribution is -0.142. The van der Waals surface area contributed by atoms with Crippen LogP contribution in [0.15, 0.2) is 0 Å². The van der Waals surface area contributed by atoms with Gasteiger partial charge in [-0.25, -0.2) is 0 Å². The molecule has 1 aliphatic rings. The smallest absolute Gasteiger partial charge is 0.231 e. The Morgan fingerprint density at radius 2 is 1.83 bits per heavy atom. The van der Waals surface area contributed by atoms with Crippen LogP contribution in [0.1, 0.15) is 59.4 Å². The molecule has 1 saturated heterocycles. The van der Waals surface area contributed by atoms with E-state index in [9.17, 15) is 9.59 Å². The Morgan fingerprint density at radius 3 is 2.38 bits per heavy atom. The predicted octanol–water partition coefficient (Wildman–Crippen LogP) is 3.06. The Balaban J connectivity index is 1.99. The van der Waals surface area contributed by atoms with Gasteiger partial charge in [0, 0.05) is 23.9 Å². The van der Waals surface area contributed by atoms with Crippen LogP contribution in [0.25, 0.3) is 0 Å². The Hall–Kier alpha value is -1.50. The van der Waals surface area contributed by atoms with E-state index in [4.69, 9.17) is 0 Å². The molecule has 2 rings (SSSR count). The van der Waals surface area contributed by atoms with Crippen molar-refractivity contribution in [2.24, 2.45) is 11.3 Å². The van der Waals surface area contributed by atoms with Crippen molar-refractivity contribution in [2.75, 3.05) is 18.4 Å². The van der Waals surface area contributed by atoms with Crippen molar-refractivity contribution in [2.45, 2.75) is 59.8 Å². The van der Waals surface area contributed by atoms with Gasteiger partial charge in [0.1, 0.15) is 5.01 Å². The lowest BCUT2D eigenvalue weighted by Crippen LogP contribution is -2.47. The fourth-order valence-electron chi connectivity index (χ4n) is 2.63. The summed E-state index contributed by atoms with van der Waals surface area (Å²) >= 11 is 1.41. The van der Waals surface area contributed by atoms with Crippen LogP contribution in [0.4, 0.5) is 5.13 Å². The summed E-state index contributed by atoms with van der Waals surface area (Å²) in [4.78, 5) is 26.8. The summed E-state index contributed by atoms with van der Waals surface area (Å²) < 4.78 is 0. The average molecular weight is 353 g/mol. The van der Waals surface area contributed by atoms with Crippen LogP contribution in [0.3, 0.4) is 0 Å². The zero-order valence-corrected chi connectivity index (χ0v) is 16.3. The molecule has 1 aromatic rings. The number of rotatable bonds is 2. The van der Waals surface area contributed by atoms with Gasteiger partial charge in [0.25, 0.3) is 0 Å². The number of carbonyl (C=O) groups is 2. The highest BCUT2D eigenvalue weighted by Crippen LogP contribution is 2.29. The Bertz CT molecular complexity index is 613. The Kier molecular flexibility index (Phi) is 5.32. The molecule has 0 saturated carbocycles. The van der Waals surface area contributed by atoms with Crippen LogP contribution < -0.4 is 5.32 Å². The van der Waals surface area contributed by atoms with E-state index >= 15 is 0 Å². The van der Waals surface area contributed by atoms with E-state index in [1.165, 1.54) is 11.3 Å². The lowest BCUT2D eigenvalue weighted by atomic mass is 9.91. The van der Waals surface area contributed by atoms with E-state index in [0.717, 1.165) is 24.4 Å². The number of anilines is 1. The summed E-state index contributed by atoms with van der Waals surface area (Å²) in [5, 5.41) is 12.5. The largest absolute Gasteiger partial charge is 0.341 e. The molecule has 7 heteroatoms. The molecule has 2 heterocycles.